The largest absolute Gasteiger partial charge is 0.354 e. The van der Waals surface area contributed by atoms with E-state index in [0.717, 1.165) is 98.3 Å². The molecule has 6 heteroatoms. The summed E-state index contributed by atoms with van der Waals surface area (Å²) in [5, 5.41) is 0. The molecule has 9 rings (SSSR count). The third-order valence-electron chi connectivity index (χ3n) is 11.3. The van der Waals surface area contributed by atoms with Crippen molar-refractivity contribution >= 4 is 57.7 Å². The molecular formula is C52H50N6+2. The molecule has 5 heterocycles. The number of hydrogen-bond acceptors (Lipinski definition) is 2. The van der Waals surface area contributed by atoms with Crippen molar-refractivity contribution < 1.29 is 0 Å². The van der Waals surface area contributed by atoms with E-state index in [1.807, 2.05) is 0 Å². The number of fused-ring (bicyclic) bond motifs is 8. The first-order chi connectivity index (χ1) is 27.8. The molecule has 0 saturated carbocycles. The summed E-state index contributed by atoms with van der Waals surface area (Å²) in [6.07, 6.45) is 8.65. The van der Waals surface area contributed by atoms with E-state index in [2.05, 4.69) is 212 Å². The van der Waals surface area contributed by atoms with Gasteiger partial charge in [-0.15, -0.1) is 0 Å². The SMILES string of the molecule is Cc1ccc(-c2c3nc(c(-c4ccc([N+](C)(C)C)cc4)c4ccc([nH]4)c(-c4ccc([N+](C)(C)C)cc4)c4nc(c(-c5ccc(C)cc5)c5ccc2[nH]5)C=C4)C=C3)cc1. The number of nitrogens with zero attached hydrogens (tertiary/aromatic N) is 4. The van der Waals surface area contributed by atoms with Gasteiger partial charge in [0.15, 0.2) is 0 Å². The first-order valence-electron chi connectivity index (χ1n) is 20.0. The lowest BCUT2D eigenvalue weighted by atomic mass is 10.0. The van der Waals surface area contributed by atoms with Crippen molar-refractivity contribution in [3.8, 4) is 44.5 Å². The molecule has 8 bridgehead atoms. The standard InChI is InChI=1S/C52H50N6/c1-33-9-13-35(14-10-33)49-41-25-26-42(53-41)50(36-15-11-34(2)12-16-36)44-28-30-46(55-44)52(38-19-23-40(24-20-38)58(6,7)8)48-32-31-47(56-48)51(45-29-27-43(49)54-45)37-17-21-39(22-18-37)57(3,4)5/h9-32,53,56H,1-8H3/q+2. The van der Waals surface area contributed by atoms with Crippen LogP contribution in [0.25, 0.3) is 90.9 Å². The van der Waals surface area contributed by atoms with Crippen LogP contribution in [0.5, 0.6) is 0 Å². The zero-order chi connectivity index (χ0) is 40.3. The Morgan fingerprint density at radius 1 is 0.328 bits per heavy atom. The molecule has 2 N–H and O–H groups in total. The average Bonchev–Trinajstić information content (AvgIpc) is 4.04. The fourth-order valence-corrected chi connectivity index (χ4v) is 8.01. The molecule has 0 spiro atoms. The van der Waals surface area contributed by atoms with Crippen LogP contribution in [0.15, 0.2) is 121 Å². The Labute approximate surface area is 341 Å². The van der Waals surface area contributed by atoms with Gasteiger partial charge >= 0.3 is 0 Å². The van der Waals surface area contributed by atoms with E-state index in [9.17, 15) is 0 Å². The summed E-state index contributed by atoms with van der Waals surface area (Å²) >= 11 is 0. The van der Waals surface area contributed by atoms with Crippen LogP contribution in [0, 0.1) is 13.8 Å². The van der Waals surface area contributed by atoms with Crippen molar-refractivity contribution in [2.24, 2.45) is 0 Å². The summed E-state index contributed by atoms with van der Waals surface area (Å²) in [6.45, 7) is 4.25. The number of nitrogens with one attached hydrogen (secondary N) is 2. The van der Waals surface area contributed by atoms with Crippen molar-refractivity contribution in [1.82, 2.24) is 28.9 Å². The monoisotopic (exact) mass is 758 g/mol. The molecule has 2 aliphatic rings. The van der Waals surface area contributed by atoms with Gasteiger partial charge in [0.2, 0.25) is 0 Å². The highest BCUT2D eigenvalue weighted by atomic mass is 15.3. The molecular weight excluding hydrogens is 709 g/mol. The summed E-state index contributed by atoms with van der Waals surface area (Å²) in [5.41, 5.74) is 21.0. The maximum absolute atomic E-state index is 5.48. The molecule has 286 valence electrons. The number of aromatic amines is 2. The van der Waals surface area contributed by atoms with Crippen LogP contribution in [-0.4, -0.2) is 62.2 Å². The second-order valence-corrected chi connectivity index (χ2v) is 17.4. The predicted molar refractivity (Wildman–Crippen MR) is 249 cm³/mol. The van der Waals surface area contributed by atoms with Crippen molar-refractivity contribution in [2.45, 2.75) is 13.8 Å². The minimum absolute atomic E-state index is 0.733. The number of quaternary nitrogens is 2. The van der Waals surface area contributed by atoms with Crippen molar-refractivity contribution in [1.29, 1.82) is 0 Å². The number of aryl methyl sites for hydroxylation is 2. The second kappa shape index (κ2) is 14.1. The Morgan fingerprint density at radius 3 is 0.810 bits per heavy atom. The Bertz CT molecular complexity index is 2730. The Kier molecular flexibility index (Phi) is 9.00. The molecule has 0 aliphatic carbocycles. The molecule has 4 aromatic carbocycles. The van der Waals surface area contributed by atoms with Crippen LogP contribution in [0.4, 0.5) is 11.4 Å². The summed E-state index contributed by atoms with van der Waals surface area (Å²) in [6, 6.07) is 44.1. The maximum Gasteiger partial charge on any atom is 0.132 e. The van der Waals surface area contributed by atoms with E-state index in [4.69, 9.17) is 9.97 Å². The van der Waals surface area contributed by atoms with Crippen molar-refractivity contribution in [3.05, 3.63) is 155 Å². The lowest BCUT2D eigenvalue weighted by molar-refractivity contribution is 0.486. The number of aromatic nitrogens is 4. The second-order valence-electron chi connectivity index (χ2n) is 17.4. The van der Waals surface area contributed by atoms with Crippen LogP contribution < -0.4 is 8.97 Å². The third-order valence-corrected chi connectivity index (χ3v) is 11.3. The molecule has 0 saturated heterocycles. The Morgan fingerprint density at radius 2 is 0.569 bits per heavy atom. The number of hydrogen-bond donors (Lipinski definition) is 2. The Hall–Kier alpha value is -6.60. The van der Waals surface area contributed by atoms with Gasteiger partial charge in [-0.3, -0.25) is 8.97 Å². The highest BCUT2D eigenvalue weighted by molar-refractivity contribution is 6.00. The zero-order valence-corrected chi connectivity index (χ0v) is 34.6. The summed E-state index contributed by atoms with van der Waals surface area (Å²) in [4.78, 5) is 18.7. The summed E-state index contributed by atoms with van der Waals surface area (Å²) < 4.78 is 1.47. The van der Waals surface area contributed by atoms with Gasteiger partial charge in [0.05, 0.1) is 65.1 Å². The molecule has 7 aromatic rings. The van der Waals surface area contributed by atoms with Gasteiger partial charge in [-0.05, 0) is 133 Å². The fraction of sp³-hybridized carbons (Fsp3) is 0.154. The van der Waals surface area contributed by atoms with Gasteiger partial charge in [-0.2, -0.15) is 0 Å². The van der Waals surface area contributed by atoms with E-state index >= 15 is 0 Å². The number of rotatable bonds is 6. The highest BCUT2D eigenvalue weighted by Gasteiger charge is 2.21. The van der Waals surface area contributed by atoms with E-state index < -0.39 is 0 Å². The van der Waals surface area contributed by atoms with Gasteiger partial charge in [-0.1, -0.05) is 59.7 Å². The Balaban J connectivity index is 1.43. The molecule has 0 atom stereocenters. The van der Waals surface area contributed by atoms with Gasteiger partial charge in [0.25, 0.3) is 0 Å². The molecule has 3 aromatic heterocycles. The molecule has 58 heavy (non-hydrogen) atoms. The molecule has 0 amide bonds. The molecule has 6 nitrogen and oxygen atoms in total. The summed E-state index contributed by atoms with van der Waals surface area (Å²) in [5.74, 6) is 0. The zero-order valence-electron chi connectivity index (χ0n) is 34.6. The third kappa shape index (κ3) is 6.91. The fourth-order valence-electron chi connectivity index (χ4n) is 8.01. The van der Waals surface area contributed by atoms with Gasteiger partial charge < -0.3 is 9.97 Å². The minimum Gasteiger partial charge on any atom is -0.354 e. The predicted octanol–water partition coefficient (Wildman–Crippen LogP) is 12.3. The maximum atomic E-state index is 5.48. The topological polar surface area (TPSA) is 57.4 Å². The van der Waals surface area contributed by atoms with E-state index in [-0.39, 0.29) is 0 Å². The number of benzene rings is 4. The van der Waals surface area contributed by atoms with E-state index in [1.54, 1.807) is 0 Å². The summed E-state index contributed by atoms with van der Waals surface area (Å²) in [7, 11) is 13.2. The van der Waals surface area contributed by atoms with Crippen LogP contribution >= 0.6 is 0 Å². The first kappa shape index (κ1) is 37.0. The highest BCUT2D eigenvalue weighted by Crippen LogP contribution is 2.39. The van der Waals surface area contributed by atoms with Crippen molar-refractivity contribution in [3.63, 3.8) is 0 Å². The molecule has 0 unspecified atom stereocenters. The lowest BCUT2D eigenvalue weighted by Crippen LogP contribution is -2.34. The minimum atomic E-state index is 0.733. The smallest absolute Gasteiger partial charge is 0.132 e. The van der Waals surface area contributed by atoms with Crippen LogP contribution in [-0.2, 0) is 0 Å². The van der Waals surface area contributed by atoms with Crippen LogP contribution in [0.3, 0.4) is 0 Å². The number of H-pyrrole nitrogens is 2. The quantitative estimate of drug-likeness (QED) is 0.166. The van der Waals surface area contributed by atoms with Gasteiger partial charge in [-0.25, -0.2) is 9.97 Å². The normalized spacial score (nSPS) is 12.7. The molecule has 0 fully saturated rings. The first-order valence-corrected chi connectivity index (χ1v) is 20.0. The van der Waals surface area contributed by atoms with Gasteiger partial charge in [0, 0.05) is 44.3 Å². The molecule has 2 aliphatic heterocycles. The average molecular weight is 759 g/mol. The lowest BCUT2D eigenvalue weighted by Gasteiger charge is -2.23. The van der Waals surface area contributed by atoms with E-state index in [1.165, 1.54) is 22.5 Å². The van der Waals surface area contributed by atoms with Gasteiger partial charge in [0.1, 0.15) is 11.4 Å². The van der Waals surface area contributed by atoms with Crippen molar-refractivity contribution in [2.75, 3.05) is 42.3 Å². The van der Waals surface area contributed by atoms with Crippen LogP contribution in [0.2, 0.25) is 0 Å². The van der Waals surface area contributed by atoms with Crippen LogP contribution in [0.1, 0.15) is 33.9 Å². The molecule has 0 radical (unpaired) electrons. The van der Waals surface area contributed by atoms with E-state index in [0.29, 0.717) is 0 Å².